The number of carbonyl (C=O) groups excluding carboxylic acids is 1. The van der Waals surface area contributed by atoms with Crippen molar-refractivity contribution >= 4 is 15.9 Å². The highest BCUT2D eigenvalue weighted by Gasteiger charge is 2.27. The van der Waals surface area contributed by atoms with Crippen molar-refractivity contribution < 1.29 is 22.3 Å². The Labute approximate surface area is 170 Å². The van der Waals surface area contributed by atoms with Crippen LogP contribution in [0.2, 0.25) is 0 Å². The van der Waals surface area contributed by atoms with Crippen LogP contribution in [0.5, 0.6) is 5.75 Å². The molecule has 0 spiro atoms. The van der Waals surface area contributed by atoms with E-state index in [2.05, 4.69) is 4.72 Å². The first-order chi connectivity index (χ1) is 13.9. The lowest BCUT2D eigenvalue weighted by molar-refractivity contribution is -0.134. The highest BCUT2D eigenvalue weighted by Crippen LogP contribution is 2.19. The molecule has 0 saturated carbocycles. The van der Waals surface area contributed by atoms with E-state index >= 15 is 0 Å². The molecule has 1 aliphatic rings. The number of benzene rings is 2. The van der Waals surface area contributed by atoms with E-state index in [0.29, 0.717) is 31.7 Å². The van der Waals surface area contributed by atoms with Crippen LogP contribution in [0.15, 0.2) is 53.4 Å². The molecule has 6 nitrogen and oxygen atoms in total. The van der Waals surface area contributed by atoms with Crippen LogP contribution in [0, 0.1) is 5.82 Å². The average molecular weight is 421 g/mol. The zero-order chi connectivity index (χ0) is 20.9. The molecule has 1 saturated heterocycles. The number of ether oxygens (including phenoxy) is 1. The third kappa shape index (κ3) is 5.55. The van der Waals surface area contributed by atoms with Crippen LogP contribution in [-0.4, -0.2) is 45.0 Å². The molecule has 8 heteroatoms. The molecular weight excluding hydrogens is 395 g/mol. The van der Waals surface area contributed by atoms with Gasteiger partial charge in [-0.2, -0.15) is 0 Å². The molecule has 0 radical (unpaired) electrons. The summed E-state index contributed by atoms with van der Waals surface area (Å²) in [5, 5.41) is 0. The Morgan fingerprint density at radius 2 is 1.79 bits per heavy atom. The van der Waals surface area contributed by atoms with Crippen molar-refractivity contribution in [3.8, 4) is 5.75 Å². The van der Waals surface area contributed by atoms with Crippen LogP contribution in [0.4, 0.5) is 4.39 Å². The standard InChI is InChI=1S/C21H25FN2O4S/c1-2-16-5-3-4-6-20(16)28-15-21(25)24-13-11-18(12-14-24)23-29(26,27)19-9-7-17(22)8-10-19/h3-10,18,23H,2,11-15H2,1H3. The zero-order valence-corrected chi connectivity index (χ0v) is 17.1. The first-order valence-corrected chi connectivity index (χ1v) is 11.1. The zero-order valence-electron chi connectivity index (χ0n) is 16.3. The predicted molar refractivity (Wildman–Crippen MR) is 108 cm³/mol. The Bertz CT molecular complexity index is 939. The Morgan fingerprint density at radius 1 is 1.14 bits per heavy atom. The van der Waals surface area contributed by atoms with E-state index in [0.717, 1.165) is 24.1 Å². The number of nitrogens with one attached hydrogen (secondary N) is 1. The fourth-order valence-corrected chi connectivity index (χ4v) is 4.62. The van der Waals surface area contributed by atoms with Gasteiger partial charge in [0.15, 0.2) is 6.61 Å². The fraction of sp³-hybridized carbons (Fsp3) is 0.381. The van der Waals surface area contributed by atoms with Crippen LogP contribution in [0.25, 0.3) is 0 Å². The lowest BCUT2D eigenvalue weighted by atomic mass is 10.1. The number of carbonyl (C=O) groups is 1. The number of aryl methyl sites for hydroxylation is 1. The molecule has 0 aliphatic carbocycles. The number of halogens is 1. The summed E-state index contributed by atoms with van der Waals surface area (Å²) >= 11 is 0. The lowest BCUT2D eigenvalue weighted by Gasteiger charge is -2.32. The summed E-state index contributed by atoms with van der Waals surface area (Å²) in [5.41, 5.74) is 1.05. The maximum absolute atomic E-state index is 13.0. The lowest BCUT2D eigenvalue weighted by Crippen LogP contribution is -2.47. The van der Waals surface area contributed by atoms with E-state index in [1.807, 2.05) is 31.2 Å². The molecule has 156 valence electrons. The molecule has 1 aliphatic heterocycles. The van der Waals surface area contributed by atoms with Gasteiger partial charge in [0, 0.05) is 19.1 Å². The third-order valence-electron chi connectivity index (χ3n) is 5.00. The van der Waals surface area contributed by atoms with Gasteiger partial charge < -0.3 is 9.64 Å². The SMILES string of the molecule is CCc1ccccc1OCC(=O)N1CCC(NS(=O)(=O)c2ccc(F)cc2)CC1. The van der Waals surface area contributed by atoms with E-state index in [1.165, 1.54) is 12.1 Å². The number of nitrogens with zero attached hydrogens (tertiary/aromatic N) is 1. The van der Waals surface area contributed by atoms with Crippen LogP contribution in [0.1, 0.15) is 25.3 Å². The monoisotopic (exact) mass is 420 g/mol. The van der Waals surface area contributed by atoms with Gasteiger partial charge in [0.1, 0.15) is 11.6 Å². The highest BCUT2D eigenvalue weighted by atomic mass is 32.2. The van der Waals surface area contributed by atoms with Crippen LogP contribution >= 0.6 is 0 Å². The van der Waals surface area contributed by atoms with Crippen LogP contribution in [0.3, 0.4) is 0 Å². The van der Waals surface area contributed by atoms with E-state index in [9.17, 15) is 17.6 Å². The topological polar surface area (TPSA) is 75.7 Å². The smallest absolute Gasteiger partial charge is 0.260 e. The molecule has 1 heterocycles. The van der Waals surface area contributed by atoms with E-state index in [-0.39, 0.29) is 23.5 Å². The minimum atomic E-state index is -3.71. The number of likely N-dealkylation sites (tertiary alicyclic amines) is 1. The second-order valence-corrected chi connectivity index (χ2v) is 8.69. The molecule has 1 N–H and O–H groups in total. The molecule has 0 atom stereocenters. The van der Waals surface area contributed by atoms with Crippen molar-refractivity contribution in [1.29, 1.82) is 0 Å². The number of hydrogen-bond acceptors (Lipinski definition) is 4. The van der Waals surface area contributed by atoms with Crippen molar-refractivity contribution in [3.05, 3.63) is 59.9 Å². The number of hydrogen-bond donors (Lipinski definition) is 1. The van der Waals surface area contributed by atoms with Crippen molar-refractivity contribution in [2.24, 2.45) is 0 Å². The van der Waals surface area contributed by atoms with Gasteiger partial charge >= 0.3 is 0 Å². The molecule has 0 bridgehead atoms. The number of rotatable bonds is 7. The van der Waals surface area contributed by atoms with E-state index in [1.54, 1.807) is 4.90 Å². The molecule has 3 rings (SSSR count). The van der Waals surface area contributed by atoms with Gasteiger partial charge in [-0.05, 0) is 55.2 Å². The van der Waals surface area contributed by atoms with Crippen LogP contribution in [-0.2, 0) is 21.2 Å². The van der Waals surface area contributed by atoms with Gasteiger partial charge in [0.2, 0.25) is 10.0 Å². The van der Waals surface area contributed by atoms with Gasteiger partial charge in [-0.3, -0.25) is 4.79 Å². The Balaban J connectivity index is 1.49. The highest BCUT2D eigenvalue weighted by molar-refractivity contribution is 7.89. The maximum atomic E-state index is 13.0. The van der Waals surface area contributed by atoms with Gasteiger partial charge in [0.05, 0.1) is 4.90 Å². The van der Waals surface area contributed by atoms with Crippen molar-refractivity contribution in [2.75, 3.05) is 19.7 Å². The molecule has 2 aromatic carbocycles. The summed E-state index contributed by atoms with van der Waals surface area (Å²) in [7, 11) is -3.71. The average Bonchev–Trinajstić information content (AvgIpc) is 2.72. The summed E-state index contributed by atoms with van der Waals surface area (Å²) in [4.78, 5) is 14.2. The summed E-state index contributed by atoms with van der Waals surface area (Å²) in [6.45, 7) is 2.90. The predicted octanol–water partition coefficient (Wildman–Crippen LogP) is 2.74. The number of sulfonamides is 1. The quantitative estimate of drug-likeness (QED) is 0.747. The molecule has 29 heavy (non-hydrogen) atoms. The Kier molecular flexibility index (Phi) is 6.87. The normalized spacial score (nSPS) is 15.3. The molecule has 0 aromatic heterocycles. The minimum Gasteiger partial charge on any atom is -0.483 e. The molecule has 0 unspecified atom stereocenters. The number of para-hydroxylation sites is 1. The third-order valence-corrected chi connectivity index (χ3v) is 6.53. The molecule has 2 aromatic rings. The second-order valence-electron chi connectivity index (χ2n) is 6.98. The Hall–Kier alpha value is -2.45. The first-order valence-electron chi connectivity index (χ1n) is 9.65. The largest absolute Gasteiger partial charge is 0.483 e. The number of piperidine rings is 1. The first kappa shape index (κ1) is 21.3. The fourth-order valence-electron chi connectivity index (χ4n) is 3.32. The molecule has 1 amide bonds. The van der Waals surface area contributed by atoms with Crippen molar-refractivity contribution in [1.82, 2.24) is 9.62 Å². The van der Waals surface area contributed by atoms with E-state index in [4.69, 9.17) is 4.74 Å². The number of amides is 1. The van der Waals surface area contributed by atoms with Crippen molar-refractivity contribution in [2.45, 2.75) is 37.1 Å². The van der Waals surface area contributed by atoms with Gasteiger partial charge in [-0.15, -0.1) is 0 Å². The maximum Gasteiger partial charge on any atom is 0.260 e. The summed E-state index contributed by atoms with van der Waals surface area (Å²) in [5.74, 6) is 0.112. The summed E-state index contributed by atoms with van der Waals surface area (Å²) in [6, 6.07) is 12.1. The summed E-state index contributed by atoms with van der Waals surface area (Å²) in [6.07, 6.45) is 1.85. The van der Waals surface area contributed by atoms with Gasteiger partial charge in [-0.1, -0.05) is 25.1 Å². The molecule has 1 fully saturated rings. The van der Waals surface area contributed by atoms with Gasteiger partial charge in [0.25, 0.3) is 5.91 Å². The van der Waals surface area contributed by atoms with Crippen LogP contribution < -0.4 is 9.46 Å². The summed E-state index contributed by atoms with van der Waals surface area (Å²) < 4.78 is 46.2. The van der Waals surface area contributed by atoms with Gasteiger partial charge in [-0.25, -0.2) is 17.5 Å². The molecular formula is C21H25FN2O4S. The van der Waals surface area contributed by atoms with Crippen molar-refractivity contribution in [3.63, 3.8) is 0 Å². The Morgan fingerprint density at radius 3 is 2.45 bits per heavy atom. The van der Waals surface area contributed by atoms with E-state index < -0.39 is 15.8 Å². The second kappa shape index (κ2) is 9.37. The minimum absolute atomic E-state index is 0.0281.